The molecule has 0 spiro atoms. The number of hydrogen-bond acceptors (Lipinski definition) is 2. The van der Waals surface area contributed by atoms with Crippen molar-refractivity contribution in [3.63, 3.8) is 0 Å². The van der Waals surface area contributed by atoms with Gasteiger partial charge in [0.1, 0.15) is 0 Å². The number of rotatable bonds is 6. The molecule has 0 aliphatic rings. The molecule has 0 aromatic rings. The molecule has 0 bridgehead atoms. The van der Waals surface area contributed by atoms with Gasteiger partial charge in [0.2, 0.25) is 0 Å². The van der Waals surface area contributed by atoms with Gasteiger partial charge in [0.05, 0.1) is 6.54 Å². The van der Waals surface area contributed by atoms with E-state index in [2.05, 4.69) is 31.6 Å². The maximum atomic E-state index is 6.02. The lowest BCUT2D eigenvalue weighted by Gasteiger charge is -2.25. The Morgan fingerprint density at radius 3 is 2.46 bits per heavy atom. The third-order valence-corrected chi connectivity index (χ3v) is 2.61. The fourth-order valence-corrected chi connectivity index (χ4v) is 1.22. The Balaban J connectivity index is 3.86. The normalized spacial score (nSPS) is 15.4. The first kappa shape index (κ1) is 12.5. The molecular formula is C11H22N2. The average molecular weight is 182 g/mol. The number of terminal acetylenes is 1. The van der Waals surface area contributed by atoms with E-state index in [-0.39, 0.29) is 6.04 Å². The van der Waals surface area contributed by atoms with Gasteiger partial charge in [0.15, 0.2) is 0 Å². The molecular weight excluding hydrogens is 160 g/mol. The highest BCUT2D eigenvalue weighted by Gasteiger charge is 2.13. The third kappa shape index (κ3) is 4.92. The molecule has 0 radical (unpaired) electrons. The summed E-state index contributed by atoms with van der Waals surface area (Å²) in [6, 6.07) is 0.248. The molecule has 2 atom stereocenters. The molecule has 0 fully saturated rings. The molecule has 0 heterocycles. The molecule has 0 aromatic heterocycles. The van der Waals surface area contributed by atoms with Gasteiger partial charge in [-0.15, -0.1) is 6.42 Å². The predicted molar refractivity (Wildman–Crippen MR) is 58.4 cm³/mol. The number of nitrogens with zero attached hydrogens (tertiary/aromatic N) is 1. The number of likely N-dealkylation sites (N-methyl/N-ethyl adjacent to an activating group) is 1. The Kier molecular flexibility index (Phi) is 6.66. The van der Waals surface area contributed by atoms with Crippen LogP contribution >= 0.6 is 0 Å². The molecule has 0 saturated carbocycles. The SMILES string of the molecule is C#CCN(CC)CC(N)C(C)CC. The highest BCUT2D eigenvalue weighted by molar-refractivity contribution is 4.89. The zero-order valence-corrected chi connectivity index (χ0v) is 9.09. The monoisotopic (exact) mass is 182 g/mol. The number of hydrogen-bond donors (Lipinski definition) is 1. The molecule has 0 amide bonds. The summed E-state index contributed by atoms with van der Waals surface area (Å²) in [5, 5.41) is 0. The van der Waals surface area contributed by atoms with Crippen LogP contribution in [0.25, 0.3) is 0 Å². The Morgan fingerprint density at radius 1 is 1.46 bits per heavy atom. The van der Waals surface area contributed by atoms with Crippen LogP contribution in [-0.2, 0) is 0 Å². The molecule has 0 saturated heterocycles. The minimum atomic E-state index is 0.248. The third-order valence-electron chi connectivity index (χ3n) is 2.61. The predicted octanol–water partition coefficient (Wildman–Crippen LogP) is 1.31. The van der Waals surface area contributed by atoms with Gasteiger partial charge in [-0.05, 0) is 12.5 Å². The highest BCUT2D eigenvalue weighted by atomic mass is 15.1. The van der Waals surface area contributed by atoms with Crippen molar-refractivity contribution in [1.82, 2.24) is 4.90 Å². The van der Waals surface area contributed by atoms with Crippen molar-refractivity contribution < 1.29 is 0 Å². The van der Waals surface area contributed by atoms with Gasteiger partial charge in [-0.2, -0.15) is 0 Å². The maximum Gasteiger partial charge on any atom is 0.0599 e. The van der Waals surface area contributed by atoms with Gasteiger partial charge in [-0.3, -0.25) is 4.90 Å². The number of nitrogens with two attached hydrogens (primary N) is 1. The summed E-state index contributed by atoms with van der Waals surface area (Å²) in [6.07, 6.45) is 6.39. The van der Waals surface area contributed by atoms with Gasteiger partial charge in [-0.25, -0.2) is 0 Å². The van der Waals surface area contributed by atoms with Crippen molar-refractivity contribution >= 4 is 0 Å². The van der Waals surface area contributed by atoms with Crippen LogP contribution in [0.1, 0.15) is 27.2 Å². The summed E-state index contributed by atoms with van der Waals surface area (Å²) in [6.45, 7) is 9.07. The molecule has 0 aliphatic heterocycles. The molecule has 0 aromatic carbocycles. The van der Waals surface area contributed by atoms with E-state index in [1.165, 1.54) is 0 Å². The minimum absolute atomic E-state index is 0.248. The second kappa shape index (κ2) is 6.94. The van der Waals surface area contributed by atoms with Gasteiger partial charge in [0.25, 0.3) is 0 Å². The molecule has 2 nitrogen and oxygen atoms in total. The largest absolute Gasteiger partial charge is 0.326 e. The zero-order valence-electron chi connectivity index (χ0n) is 9.09. The summed E-state index contributed by atoms with van der Waals surface area (Å²) < 4.78 is 0. The van der Waals surface area contributed by atoms with E-state index < -0.39 is 0 Å². The van der Waals surface area contributed by atoms with Crippen molar-refractivity contribution in [1.29, 1.82) is 0 Å². The minimum Gasteiger partial charge on any atom is -0.326 e. The van der Waals surface area contributed by atoms with Gasteiger partial charge in [0, 0.05) is 12.6 Å². The summed E-state index contributed by atoms with van der Waals surface area (Å²) in [4.78, 5) is 2.21. The van der Waals surface area contributed by atoms with Crippen LogP contribution in [-0.4, -0.2) is 30.6 Å². The standard InChI is InChI=1S/C11H22N2/c1-5-8-13(7-3)9-11(12)10(4)6-2/h1,10-11H,6-9,12H2,2-4H3. The lowest BCUT2D eigenvalue weighted by molar-refractivity contribution is 0.266. The summed E-state index contributed by atoms with van der Waals surface area (Å²) in [5.74, 6) is 3.23. The molecule has 76 valence electrons. The molecule has 2 heteroatoms. The quantitative estimate of drug-likeness (QED) is 0.628. The van der Waals surface area contributed by atoms with Gasteiger partial charge >= 0.3 is 0 Å². The van der Waals surface area contributed by atoms with E-state index >= 15 is 0 Å². The van der Waals surface area contributed by atoms with Crippen LogP contribution in [0.3, 0.4) is 0 Å². The first-order valence-corrected chi connectivity index (χ1v) is 5.07. The van der Waals surface area contributed by atoms with Crippen LogP contribution < -0.4 is 5.73 Å². The van der Waals surface area contributed by atoms with E-state index in [4.69, 9.17) is 12.2 Å². The fraction of sp³-hybridized carbons (Fsp3) is 0.818. The maximum absolute atomic E-state index is 6.02. The van der Waals surface area contributed by atoms with E-state index in [1.54, 1.807) is 0 Å². The van der Waals surface area contributed by atoms with E-state index in [0.717, 1.165) is 19.5 Å². The lowest BCUT2D eigenvalue weighted by atomic mass is 10.00. The average Bonchev–Trinajstić information content (AvgIpc) is 2.15. The van der Waals surface area contributed by atoms with Crippen molar-refractivity contribution in [2.45, 2.75) is 33.2 Å². The molecule has 2 unspecified atom stereocenters. The Hall–Kier alpha value is -0.520. The Labute approximate surface area is 82.5 Å². The zero-order chi connectivity index (χ0) is 10.3. The fourth-order valence-electron chi connectivity index (χ4n) is 1.22. The second-order valence-corrected chi connectivity index (χ2v) is 3.58. The van der Waals surface area contributed by atoms with Crippen LogP contribution in [0.2, 0.25) is 0 Å². The van der Waals surface area contributed by atoms with E-state index in [1.807, 2.05) is 0 Å². The highest BCUT2D eigenvalue weighted by Crippen LogP contribution is 2.06. The molecule has 0 aliphatic carbocycles. The summed E-state index contributed by atoms with van der Waals surface area (Å²) in [5.41, 5.74) is 6.02. The van der Waals surface area contributed by atoms with Gasteiger partial charge < -0.3 is 5.73 Å². The van der Waals surface area contributed by atoms with Crippen LogP contribution in [0.15, 0.2) is 0 Å². The van der Waals surface area contributed by atoms with Crippen LogP contribution in [0, 0.1) is 18.3 Å². The first-order chi connectivity index (χ1) is 6.15. The second-order valence-electron chi connectivity index (χ2n) is 3.58. The first-order valence-electron chi connectivity index (χ1n) is 5.07. The molecule has 13 heavy (non-hydrogen) atoms. The van der Waals surface area contributed by atoms with Crippen molar-refractivity contribution in [3.05, 3.63) is 0 Å². The summed E-state index contributed by atoms with van der Waals surface area (Å²) >= 11 is 0. The van der Waals surface area contributed by atoms with Crippen molar-refractivity contribution in [2.24, 2.45) is 11.7 Å². The Bertz CT molecular complexity index is 160. The van der Waals surface area contributed by atoms with E-state index in [0.29, 0.717) is 12.5 Å². The Morgan fingerprint density at radius 2 is 2.08 bits per heavy atom. The topological polar surface area (TPSA) is 29.3 Å². The van der Waals surface area contributed by atoms with Gasteiger partial charge in [-0.1, -0.05) is 33.1 Å². The molecule has 2 N–H and O–H groups in total. The smallest absolute Gasteiger partial charge is 0.0599 e. The van der Waals surface area contributed by atoms with E-state index in [9.17, 15) is 0 Å². The molecule has 0 rings (SSSR count). The lowest BCUT2D eigenvalue weighted by Crippen LogP contribution is -2.41. The van der Waals surface area contributed by atoms with Crippen LogP contribution in [0.5, 0.6) is 0 Å². The van der Waals surface area contributed by atoms with Crippen LogP contribution in [0.4, 0.5) is 0 Å². The van der Waals surface area contributed by atoms with Crippen molar-refractivity contribution in [2.75, 3.05) is 19.6 Å². The summed E-state index contributed by atoms with van der Waals surface area (Å²) in [7, 11) is 0. The van der Waals surface area contributed by atoms with Crippen molar-refractivity contribution in [3.8, 4) is 12.3 Å².